The number of piperazine rings is 1. The number of hydrogen-bond acceptors (Lipinski definition) is 5. The summed E-state index contributed by atoms with van der Waals surface area (Å²) >= 11 is 6.03. The lowest BCUT2D eigenvalue weighted by atomic mass is 10.2. The fourth-order valence-corrected chi connectivity index (χ4v) is 3.49. The molecule has 0 aromatic heterocycles. The monoisotopic (exact) mass is 403 g/mol. The molecule has 1 aliphatic rings. The number of nitrogens with one attached hydrogen (secondary N) is 1. The van der Waals surface area contributed by atoms with Crippen LogP contribution in [0.1, 0.15) is 6.92 Å². The lowest BCUT2D eigenvalue weighted by Gasteiger charge is -2.36. The number of benzene rings is 2. The van der Waals surface area contributed by atoms with Gasteiger partial charge in [0.2, 0.25) is 5.91 Å². The zero-order valence-electron chi connectivity index (χ0n) is 16.3. The molecule has 1 amide bonds. The second kappa shape index (κ2) is 9.66. The Kier molecular flexibility index (Phi) is 7.01. The highest BCUT2D eigenvalue weighted by Crippen LogP contribution is 2.29. The van der Waals surface area contributed by atoms with Crippen molar-refractivity contribution in [3.05, 3.63) is 47.5 Å². The molecule has 0 aliphatic carbocycles. The van der Waals surface area contributed by atoms with Crippen LogP contribution in [-0.2, 0) is 4.79 Å². The number of anilines is 2. The first-order valence-electron chi connectivity index (χ1n) is 9.43. The molecule has 3 rings (SSSR count). The lowest BCUT2D eigenvalue weighted by Crippen LogP contribution is -2.48. The number of ether oxygens (including phenoxy) is 2. The Labute approximate surface area is 171 Å². The van der Waals surface area contributed by atoms with Crippen LogP contribution in [0.15, 0.2) is 42.5 Å². The first-order chi connectivity index (χ1) is 13.6. The predicted molar refractivity (Wildman–Crippen MR) is 113 cm³/mol. The Morgan fingerprint density at radius 1 is 1.11 bits per heavy atom. The summed E-state index contributed by atoms with van der Waals surface area (Å²) in [5.74, 6) is 1.42. The smallest absolute Gasteiger partial charge is 0.238 e. The maximum absolute atomic E-state index is 12.5. The van der Waals surface area contributed by atoms with E-state index in [4.69, 9.17) is 21.1 Å². The van der Waals surface area contributed by atoms with Gasteiger partial charge in [-0.2, -0.15) is 0 Å². The molecule has 150 valence electrons. The van der Waals surface area contributed by atoms with Gasteiger partial charge in [-0.3, -0.25) is 9.69 Å². The van der Waals surface area contributed by atoms with Gasteiger partial charge in [-0.05, 0) is 37.3 Å². The highest BCUT2D eigenvalue weighted by molar-refractivity contribution is 6.31. The molecule has 0 spiro atoms. The molecule has 0 saturated carbocycles. The Bertz CT molecular complexity index is 807. The van der Waals surface area contributed by atoms with Gasteiger partial charge in [-0.15, -0.1) is 0 Å². The fourth-order valence-electron chi connectivity index (χ4n) is 3.31. The molecule has 2 aromatic carbocycles. The van der Waals surface area contributed by atoms with Gasteiger partial charge in [-0.1, -0.05) is 23.7 Å². The second-order valence-corrected chi connectivity index (χ2v) is 6.99. The van der Waals surface area contributed by atoms with Gasteiger partial charge < -0.3 is 19.7 Å². The summed E-state index contributed by atoms with van der Waals surface area (Å²) in [5, 5.41) is 3.45. The topological polar surface area (TPSA) is 54.0 Å². The molecule has 1 N–H and O–H groups in total. The summed E-state index contributed by atoms with van der Waals surface area (Å²) in [6.45, 7) is 6.26. The van der Waals surface area contributed by atoms with Gasteiger partial charge in [-0.25, -0.2) is 0 Å². The zero-order chi connectivity index (χ0) is 19.9. The summed E-state index contributed by atoms with van der Waals surface area (Å²) in [5.41, 5.74) is 1.70. The molecule has 0 bridgehead atoms. The Morgan fingerprint density at radius 2 is 1.86 bits per heavy atom. The first kappa shape index (κ1) is 20.3. The van der Waals surface area contributed by atoms with Crippen LogP contribution in [0.3, 0.4) is 0 Å². The van der Waals surface area contributed by atoms with E-state index in [9.17, 15) is 4.79 Å². The van der Waals surface area contributed by atoms with E-state index >= 15 is 0 Å². The maximum atomic E-state index is 12.5. The summed E-state index contributed by atoms with van der Waals surface area (Å²) in [4.78, 5) is 16.9. The zero-order valence-corrected chi connectivity index (χ0v) is 17.0. The third kappa shape index (κ3) is 5.09. The van der Waals surface area contributed by atoms with Crippen molar-refractivity contribution < 1.29 is 14.3 Å². The van der Waals surface area contributed by atoms with Crippen molar-refractivity contribution >= 4 is 28.9 Å². The minimum absolute atomic E-state index is 0.0799. The molecule has 28 heavy (non-hydrogen) atoms. The van der Waals surface area contributed by atoms with Crippen LogP contribution < -0.4 is 19.7 Å². The van der Waals surface area contributed by atoms with E-state index in [0.29, 0.717) is 29.6 Å². The molecular formula is C21H26ClN3O3. The van der Waals surface area contributed by atoms with Crippen molar-refractivity contribution in [2.45, 2.75) is 6.92 Å². The normalized spacial score (nSPS) is 14.6. The molecule has 7 heteroatoms. The van der Waals surface area contributed by atoms with E-state index in [1.54, 1.807) is 25.3 Å². The first-order valence-corrected chi connectivity index (χ1v) is 9.81. The number of amides is 1. The number of rotatable bonds is 7. The maximum Gasteiger partial charge on any atom is 0.238 e. The van der Waals surface area contributed by atoms with Crippen molar-refractivity contribution in [3.8, 4) is 11.5 Å². The number of para-hydroxylation sites is 2. The molecular weight excluding hydrogens is 378 g/mol. The van der Waals surface area contributed by atoms with Crippen molar-refractivity contribution in [2.75, 3.05) is 56.7 Å². The van der Waals surface area contributed by atoms with E-state index in [0.717, 1.165) is 37.6 Å². The van der Waals surface area contributed by atoms with Crippen LogP contribution in [0, 0.1) is 0 Å². The molecule has 1 saturated heterocycles. The quantitative estimate of drug-likeness (QED) is 0.766. The largest absolute Gasteiger partial charge is 0.495 e. The lowest BCUT2D eigenvalue weighted by molar-refractivity contribution is -0.117. The van der Waals surface area contributed by atoms with E-state index in [-0.39, 0.29) is 5.91 Å². The van der Waals surface area contributed by atoms with Gasteiger partial charge in [0.25, 0.3) is 0 Å². The van der Waals surface area contributed by atoms with E-state index in [1.807, 2.05) is 25.1 Å². The van der Waals surface area contributed by atoms with Gasteiger partial charge in [0, 0.05) is 31.2 Å². The predicted octanol–water partition coefficient (Wildman–Crippen LogP) is 3.51. The van der Waals surface area contributed by atoms with Gasteiger partial charge in [0.1, 0.15) is 11.5 Å². The molecule has 1 fully saturated rings. The molecule has 0 unspecified atom stereocenters. The summed E-state index contributed by atoms with van der Waals surface area (Å²) in [7, 11) is 1.57. The van der Waals surface area contributed by atoms with Crippen LogP contribution in [0.4, 0.5) is 11.4 Å². The van der Waals surface area contributed by atoms with Crippen LogP contribution in [0.2, 0.25) is 5.02 Å². The van der Waals surface area contributed by atoms with Crippen LogP contribution in [0.25, 0.3) is 0 Å². The fraction of sp³-hybridized carbons (Fsp3) is 0.381. The molecule has 6 nitrogen and oxygen atoms in total. The highest BCUT2D eigenvalue weighted by Gasteiger charge is 2.21. The van der Waals surface area contributed by atoms with Crippen molar-refractivity contribution in [1.82, 2.24) is 4.90 Å². The average molecular weight is 404 g/mol. The summed E-state index contributed by atoms with van der Waals surface area (Å²) < 4.78 is 11.0. The molecule has 2 aromatic rings. The molecule has 0 atom stereocenters. The summed E-state index contributed by atoms with van der Waals surface area (Å²) in [6.07, 6.45) is 0. The summed E-state index contributed by atoms with van der Waals surface area (Å²) in [6, 6.07) is 13.3. The van der Waals surface area contributed by atoms with Gasteiger partial charge in [0.05, 0.1) is 31.6 Å². The molecule has 1 heterocycles. The van der Waals surface area contributed by atoms with Crippen LogP contribution in [0.5, 0.6) is 11.5 Å². The number of nitrogens with zero attached hydrogens (tertiary/aromatic N) is 2. The van der Waals surface area contributed by atoms with E-state index in [2.05, 4.69) is 21.2 Å². The third-order valence-corrected chi connectivity index (χ3v) is 4.92. The number of halogens is 1. The second-order valence-electron chi connectivity index (χ2n) is 6.56. The Balaban J connectivity index is 1.55. The minimum Gasteiger partial charge on any atom is -0.495 e. The standard InChI is InChI=1S/C21H26ClN3O3/c1-3-28-20-7-5-4-6-18(20)25-12-10-24(11-13-25)15-21(26)23-17-14-16(22)8-9-19(17)27-2/h4-9,14H,3,10-13,15H2,1-2H3,(H,23,26). The number of hydrogen-bond donors (Lipinski definition) is 1. The van der Waals surface area contributed by atoms with Crippen LogP contribution >= 0.6 is 11.6 Å². The van der Waals surface area contributed by atoms with E-state index in [1.165, 1.54) is 0 Å². The van der Waals surface area contributed by atoms with Crippen LogP contribution in [-0.4, -0.2) is 57.2 Å². The molecule has 0 radical (unpaired) electrons. The minimum atomic E-state index is -0.0799. The Morgan fingerprint density at radius 3 is 2.57 bits per heavy atom. The average Bonchev–Trinajstić information content (AvgIpc) is 2.69. The van der Waals surface area contributed by atoms with Crippen molar-refractivity contribution in [3.63, 3.8) is 0 Å². The van der Waals surface area contributed by atoms with Crippen molar-refractivity contribution in [1.29, 1.82) is 0 Å². The van der Waals surface area contributed by atoms with Gasteiger partial charge in [0.15, 0.2) is 0 Å². The van der Waals surface area contributed by atoms with E-state index < -0.39 is 0 Å². The SMILES string of the molecule is CCOc1ccccc1N1CCN(CC(=O)Nc2cc(Cl)ccc2OC)CC1. The third-order valence-electron chi connectivity index (χ3n) is 4.68. The molecule has 1 aliphatic heterocycles. The highest BCUT2D eigenvalue weighted by atomic mass is 35.5. The number of carbonyl (C=O) groups excluding carboxylic acids is 1. The Hall–Kier alpha value is -2.44. The van der Waals surface area contributed by atoms with Gasteiger partial charge >= 0.3 is 0 Å². The van der Waals surface area contributed by atoms with Crippen molar-refractivity contribution in [2.24, 2.45) is 0 Å². The number of carbonyl (C=O) groups is 1. The number of methoxy groups -OCH3 is 1.